The lowest BCUT2D eigenvalue weighted by Gasteiger charge is -2.29. The molecule has 0 aromatic carbocycles. The van der Waals surface area contributed by atoms with E-state index in [1.807, 2.05) is 6.92 Å². The molecule has 17 heavy (non-hydrogen) atoms. The van der Waals surface area contributed by atoms with Crippen LogP contribution < -0.4 is 16.0 Å². The summed E-state index contributed by atoms with van der Waals surface area (Å²) >= 11 is 0. The quantitative estimate of drug-likeness (QED) is 0.620. The van der Waals surface area contributed by atoms with Crippen molar-refractivity contribution in [3.05, 3.63) is 0 Å². The third-order valence-corrected chi connectivity index (χ3v) is 3.61. The predicted octanol–water partition coefficient (Wildman–Crippen LogP) is -0.521. The molecule has 1 amide bonds. The van der Waals surface area contributed by atoms with Gasteiger partial charge in [0.25, 0.3) is 0 Å². The molecule has 0 saturated carbocycles. The molecule has 2 heterocycles. The molecule has 0 aromatic rings. The van der Waals surface area contributed by atoms with E-state index in [1.165, 1.54) is 6.42 Å². The summed E-state index contributed by atoms with van der Waals surface area (Å²) in [4.78, 5) is 11.9. The summed E-state index contributed by atoms with van der Waals surface area (Å²) in [6, 6.07) is -0.189. The highest BCUT2D eigenvalue weighted by atomic mass is 16.5. The number of carbonyl (C=O) groups excluding carboxylic acids is 1. The molecule has 0 spiro atoms. The van der Waals surface area contributed by atoms with E-state index in [2.05, 4.69) is 16.0 Å². The highest BCUT2D eigenvalue weighted by molar-refractivity contribution is 5.82. The van der Waals surface area contributed by atoms with Crippen LogP contribution in [0.25, 0.3) is 0 Å². The van der Waals surface area contributed by atoms with Gasteiger partial charge in [0, 0.05) is 13.1 Å². The van der Waals surface area contributed by atoms with Crippen molar-refractivity contribution in [3.63, 3.8) is 0 Å². The molecule has 2 aliphatic rings. The SMILES string of the molecule is C[C@H]1OCCN[C@@H]1C(=O)NCCC1CCNC1. The molecule has 3 N–H and O–H groups in total. The molecular weight excluding hydrogens is 218 g/mol. The Kier molecular flexibility index (Phi) is 4.76. The minimum atomic E-state index is -0.189. The number of amides is 1. The van der Waals surface area contributed by atoms with Crippen LogP contribution in [0.2, 0.25) is 0 Å². The minimum absolute atomic E-state index is 0.0307. The Morgan fingerprint density at radius 2 is 2.35 bits per heavy atom. The van der Waals surface area contributed by atoms with E-state index in [0.29, 0.717) is 6.61 Å². The summed E-state index contributed by atoms with van der Waals surface area (Å²) in [5, 5.41) is 9.53. The van der Waals surface area contributed by atoms with Gasteiger partial charge < -0.3 is 20.7 Å². The zero-order valence-corrected chi connectivity index (χ0v) is 10.5. The monoisotopic (exact) mass is 241 g/mol. The van der Waals surface area contributed by atoms with Gasteiger partial charge in [-0.1, -0.05) is 0 Å². The van der Waals surface area contributed by atoms with Crippen LogP contribution >= 0.6 is 0 Å². The first kappa shape index (κ1) is 12.8. The lowest BCUT2D eigenvalue weighted by molar-refractivity contribution is -0.128. The van der Waals surface area contributed by atoms with E-state index >= 15 is 0 Å². The molecule has 2 saturated heterocycles. The number of hydrogen-bond donors (Lipinski definition) is 3. The van der Waals surface area contributed by atoms with Crippen LogP contribution in [-0.2, 0) is 9.53 Å². The van der Waals surface area contributed by atoms with E-state index in [-0.39, 0.29) is 18.1 Å². The summed E-state index contributed by atoms with van der Waals surface area (Å²) in [5.74, 6) is 0.798. The first-order valence-electron chi connectivity index (χ1n) is 6.61. The van der Waals surface area contributed by atoms with Crippen molar-refractivity contribution in [2.75, 3.05) is 32.8 Å². The van der Waals surface area contributed by atoms with Crippen LogP contribution in [0.4, 0.5) is 0 Å². The molecule has 3 atom stereocenters. The van der Waals surface area contributed by atoms with E-state index < -0.39 is 0 Å². The van der Waals surface area contributed by atoms with Crippen LogP contribution in [0, 0.1) is 5.92 Å². The Morgan fingerprint density at radius 3 is 3.06 bits per heavy atom. The number of nitrogens with one attached hydrogen (secondary N) is 3. The Bertz CT molecular complexity index is 254. The average molecular weight is 241 g/mol. The summed E-state index contributed by atoms with van der Waals surface area (Å²) in [6.45, 7) is 6.38. The van der Waals surface area contributed by atoms with E-state index in [0.717, 1.165) is 38.5 Å². The van der Waals surface area contributed by atoms with Gasteiger partial charge >= 0.3 is 0 Å². The van der Waals surface area contributed by atoms with Gasteiger partial charge in [-0.25, -0.2) is 0 Å². The average Bonchev–Trinajstić information content (AvgIpc) is 2.82. The lowest BCUT2D eigenvalue weighted by atomic mass is 10.0. The first-order valence-corrected chi connectivity index (χ1v) is 6.61. The molecule has 2 rings (SSSR count). The molecule has 0 bridgehead atoms. The van der Waals surface area contributed by atoms with Gasteiger partial charge in [0.15, 0.2) is 0 Å². The fraction of sp³-hybridized carbons (Fsp3) is 0.917. The van der Waals surface area contributed by atoms with Crippen molar-refractivity contribution in [2.24, 2.45) is 5.92 Å². The van der Waals surface area contributed by atoms with E-state index in [1.54, 1.807) is 0 Å². The Labute approximate surface area is 103 Å². The van der Waals surface area contributed by atoms with Gasteiger partial charge in [0.1, 0.15) is 6.04 Å². The third kappa shape index (κ3) is 3.66. The van der Waals surface area contributed by atoms with Gasteiger partial charge in [0.05, 0.1) is 12.7 Å². The minimum Gasteiger partial charge on any atom is -0.375 e. The zero-order valence-electron chi connectivity index (χ0n) is 10.5. The van der Waals surface area contributed by atoms with Crippen molar-refractivity contribution in [1.29, 1.82) is 0 Å². The fourth-order valence-electron chi connectivity index (χ4n) is 2.50. The maximum Gasteiger partial charge on any atom is 0.239 e. The Hall–Kier alpha value is -0.650. The number of carbonyl (C=O) groups is 1. The van der Waals surface area contributed by atoms with Crippen molar-refractivity contribution in [1.82, 2.24) is 16.0 Å². The van der Waals surface area contributed by atoms with Crippen molar-refractivity contribution in [2.45, 2.75) is 31.9 Å². The molecule has 1 unspecified atom stereocenters. The van der Waals surface area contributed by atoms with Gasteiger partial charge in [-0.15, -0.1) is 0 Å². The largest absolute Gasteiger partial charge is 0.375 e. The molecule has 5 nitrogen and oxygen atoms in total. The summed E-state index contributed by atoms with van der Waals surface area (Å²) in [7, 11) is 0. The van der Waals surface area contributed by atoms with Crippen LogP contribution in [0.3, 0.4) is 0 Å². The second-order valence-corrected chi connectivity index (χ2v) is 4.95. The van der Waals surface area contributed by atoms with Crippen molar-refractivity contribution < 1.29 is 9.53 Å². The predicted molar refractivity (Wildman–Crippen MR) is 65.8 cm³/mol. The topological polar surface area (TPSA) is 62.4 Å². The van der Waals surface area contributed by atoms with Crippen LogP contribution in [0.15, 0.2) is 0 Å². The summed E-state index contributed by atoms with van der Waals surface area (Å²) < 4.78 is 5.46. The number of hydrogen-bond acceptors (Lipinski definition) is 4. The molecule has 98 valence electrons. The normalized spacial score (nSPS) is 33.6. The highest BCUT2D eigenvalue weighted by Gasteiger charge is 2.28. The Balaban J connectivity index is 1.65. The van der Waals surface area contributed by atoms with E-state index in [9.17, 15) is 4.79 Å². The molecule has 0 radical (unpaired) electrons. The standard InChI is InChI=1S/C12H23N3O2/c1-9-11(14-6-7-17-9)12(16)15-5-3-10-2-4-13-8-10/h9-11,13-14H,2-8H2,1H3,(H,15,16)/t9-,10?,11+/m1/s1. The Morgan fingerprint density at radius 1 is 1.47 bits per heavy atom. The lowest BCUT2D eigenvalue weighted by Crippen LogP contribution is -2.55. The van der Waals surface area contributed by atoms with Crippen LogP contribution in [0.1, 0.15) is 19.8 Å². The fourth-order valence-corrected chi connectivity index (χ4v) is 2.50. The van der Waals surface area contributed by atoms with E-state index in [4.69, 9.17) is 4.74 Å². The van der Waals surface area contributed by atoms with Gasteiger partial charge in [-0.2, -0.15) is 0 Å². The molecular formula is C12H23N3O2. The second-order valence-electron chi connectivity index (χ2n) is 4.95. The van der Waals surface area contributed by atoms with Crippen LogP contribution in [-0.4, -0.2) is 50.8 Å². The molecule has 0 aliphatic carbocycles. The van der Waals surface area contributed by atoms with Gasteiger partial charge in [0.2, 0.25) is 5.91 Å². The highest BCUT2D eigenvalue weighted by Crippen LogP contribution is 2.11. The number of ether oxygens (including phenoxy) is 1. The van der Waals surface area contributed by atoms with Gasteiger partial charge in [-0.3, -0.25) is 4.79 Å². The van der Waals surface area contributed by atoms with Gasteiger partial charge in [-0.05, 0) is 38.8 Å². The van der Waals surface area contributed by atoms with Crippen molar-refractivity contribution >= 4 is 5.91 Å². The molecule has 0 aromatic heterocycles. The summed E-state index contributed by atoms with van der Waals surface area (Å²) in [5.41, 5.74) is 0. The molecule has 2 fully saturated rings. The third-order valence-electron chi connectivity index (χ3n) is 3.61. The first-order chi connectivity index (χ1) is 8.27. The molecule has 2 aliphatic heterocycles. The zero-order chi connectivity index (χ0) is 12.1. The second kappa shape index (κ2) is 6.33. The maximum atomic E-state index is 11.9. The molecule has 5 heteroatoms. The summed E-state index contributed by atoms with van der Waals surface area (Å²) in [6.07, 6.45) is 2.27. The number of morpholine rings is 1. The van der Waals surface area contributed by atoms with Crippen LogP contribution in [0.5, 0.6) is 0 Å². The van der Waals surface area contributed by atoms with Crippen molar-refractivity contribution in [3.8, 4) is 0 Å². The maximum absolute atomic E-state index is 11.9. The smallest absolute Gasteiger partial charge is 0.239 e. The number of rotatable bonds is 4.